The molecule has 0 radical (unpaired) electrons. The van der Waals surface area contributed by atoms with Crippen molar-refractivity contribution in [1.29, 1.82) is 0 Å². The number of nitrogens with zero attached hydrogens (tertiary/aromatic N) is 1. The maximum absolute atomic E-state index is 11.4. The highest BCUT2D eigenvalue weighted by atomic mass is 16.6. The van der Waals surface area contributed by atoms with Crippen molar-refractivity contribution in [3.8, 4) is 11.8 Å². The Kier molecular flexibility index (Phi) is 2.37. The van der Waals surface area contributed by atoms with Crippen molar-refractivity contribution in [2.75, 3.05) is 0 Å². The lowest BCUT2D eigenvalue weighted by Gasteiger charge is -1.99. The van der Waals surface area contributed by atoms with Gasteiger partial charge in [-0.2, -0.15) is 4.98 Å². The van der Waals surface area contributed by atoms with E-state index in [4.69, 9.17) is 14.3 Å². The van der Waals surface area contributed by atoms with Crippen molar-refractivity contribution in [2.24, 2.45) is 0 Å². The molecule has 0 unspecified atom stereocenters. The lowest BCUT2D eigenvalue weighted by Crippen LogP contribution is -2.08. The van der Waals surface area contributed by atoms with Gasteiger partial charge in [-0.15, -0.1) is 0 Å². The standard InChI is InChI=1S/C10H7NO4/c12-8-3-1-7(2-4-8)9(13)15-10-11-5-6-14-10/h1-6,12H. The quantitative estimate of drug-likeness (QED) is 0.754. The Hall–Kier alpha value is -2.30. The van der Waals surface area contributed by atoms with E-state index in [0.29, 0.717) is 5.56 Å². The molecule has 0 aliphatic heterocycles. The Bertz CT molecular complexity index is 447. The Morgan fingerprint density at radius 1 is 1.33 bits per heavy atom. The molecule has 0 fully saturated rings. The van der Waals surface area contributed by atoms with Crippen LogP contribution in [0.1, 0.15) is 10.4 Å². The van der Waals surface area contributed by atoms with E-state index in [1.54, 1.807) is 0 Å². The summed E-state index contributed by atoms with van der Waals surface area (Å²) in [5.41, 5.74) is 0.311. The minimum Gasteiger partial charge on any atom is -0.508 e. The summed E-state index contributed by atoms with van der Waals surface area (Å²) in [5, 5.41) is 9.01. The van der Waals surface area contributed by atoms with Crippen LogP contribution in [-0.2, 0) is 0 Å². The third kappa shape index (κ3) is 2.14. The van der Waals surface area contributed by atoms with Crippen LogP contribution in [0.5, 0.6) is 11.8 Å². The smallest absolute Gasteiger partial charge is 0.401 e. The second-order valence-corrected chi connectivity index (χ2v) is 2.73. The lowest BCUT2D eigenvalue weighted by atomic mass is 10.2. The summed E-state index contributed by atoms with van der Waals surface area (Å²) < 4.78 is 9.53. The number of aromatic hydroxyl groups is 1. The van der Waals surface area contributed by atoms with Crippen molar-refractivity contribution in [3.63, 3.8) is 0 Å². The van der Waals surface area contributed by atoms with E-state index < -0.39 is 5.97 Å². The number of phenols is 1. The Morgan fingerprint density at radius 3 is 2.67 bits per heavy atom. The molecule has 0 amide bonds. The number of hydrogen-bond donors (Lipinski definition) is 1. The molecule has 1 N–H and O–H groups in total. The average molecular weight is 205 g/mol. The summed E-state index contributed by atoms with van der Waals surface area (Å²) >= 11 is 0. The number of carbonyl (C=O) groups excluding carboxylic acids is 1. The predicted molar refractivity (Wildman–Crippen MR) is 49.6 cm³/mol. The normalized spacial score (nSPS) is 9.87. The number of carbonyl (C=O) groups is 1. The van der Waals surface area contributed by atoms with E-state index in [1.807, 2.05) is 0 Å². The van der Waals surface area contributed by atoms with Crippen LogP contribution in [0.15, 0.2) is 41.1 Å². The summed E-state index contributed by atoms with van der Waals surface area (Å²) in [6.45, 7) is 0. The number of ether oxygens (including phenoxy) is 1. The van der Waals surface area contributed by atoms with Crippen molar-refractivity contribution < 1.29 is 19.1 Å². The van der Waals surface area contributed by atoms with Gasteiger partial charge in [0.1, 0.15) is 12.0 Å². The lowest BCUT2D eigenvalue weighted by molar-refractivity contribution is 0.0683. The number of esters is 1. The van der Waals surface area contributed by atoms with Crippen LogP contribution in [0.3, 0.4) is 0 Å². The molecule has 1 heterocycles. The number of oxazole rings is 1. The van der Waals surface area contributed by atoms with E-state index >= 15 is 0 Å². The fraction of sp³-hybridized carbons (Fsp3) is 0. The van der Waals surface area contributed by atoms with Gasteiger partial charge in [0.15, 0.2) is 0 Å². The SMILES string of the molecule is O=C(Oc1ncco1)c1ccc(O)cc1. The molecule has 15 heavy (non-hydrogen) atoms. The van der Waals surface area contributed by atoms with Crippen molar-refractivity contribution >= 4 is 5.97 Å². The molecule has 2 rings (SSSR count). The van der Waals surface area contributed by atoms with Gasteiger partial charge in [-0.1, -0.05) is 0 Å². The van der Waals surface area contributed by atoms with Crippen molar-refractivity contribution in [1.82, 2.24) is 4.98 Å². The van der Waals surface area contributed by atoms with E-state index in [0.717, 1.165) is 0 Å². The van der Waals surface area contributed by atoms with Crippen LogP contribution in [0.25, 0.3) is 0 Å². The third-order valence-electron chi connectivity index (χ3n) is 1.69. The third-order valence-corrected chi connectivity index (χ3v) is 1.69. The first-order valence-corrected chi connectivity index (χ1v) is 4.16. The van der Waals surface area contributed by atoms with E-state index in [2.05, 4.69) is 4.98 Å². The molecule has 0 aliphatic carbocycles. The van der Waals surface area contributed by atoms with Crippen LogP contribution in [-0.4, -0.2) is 16.1 Å². The van der Waals surface area contributed by atoms with Gasteiger partial charge in [0.05, 0.1) is 11.8 Å². The zero-order valence-electron chi connectivity index (χ0n) is 7.58. The van der Waals surface area contributed by atoms with Gasteiger partial charge in [0.2, 0.25) is 0 Å². The van der Waals surface area contributed by atoms with Crippen LogP contribution >= 0.6 is 0 Å². The number of benzene rings is 1. The number of rotatable bonds is 2. The van der Waals surface area contributed by atoms with Gasteiger partial charge in [-0.25, -0.2) is 4.79 Å². The molecule has 0 bridgehead atoms. The molecule has 76 valence electrons. The second-order valence-electron chi connectivity index (χ2n) is 2.73. The highest BCUT2D eigenvalue weighted by Crippen LogP contribution is 2.12. The zero-order valence-corrected chi connectivity index (χ0v) is 7.58. The van der Waals surface area contributed by atoms with Gasteiger partial charge >= 0.3 is 12.0 Å². The van der Waals surface area contributed by atoms with Crippen molar-refractivity contribution in [3.05, 3.63) is 42.3 Å². The molecule has 5 heteroatoms. The monoisotopic (exact) mass is 205 g/mol. The maximum Gasteiger partial charge on any atom is 0.401 e. The Labute approximate surface area is 84.9 Å². The predicted octanol–water partition coefficient (Wildman–Crippen LogP) is 1.60. The first kappa shape index (κ1) is 9.26. The van der Waals surface area contributed by atoms with E-state index in [9.17, 15) is 4.79 Å². The fourth-order valence-electron chi connectivity index (χ4n) is 0.996. The van der Waals surface area contributed by atoms with Crippen LogP contribution in [0.2, 0.25) is 0 Å². The summed E-state index contributed by atoms with van der Waals surface area (Å²) in [4.78, 5) is 15.1. The summed E-state index contributed by atoms with van der Waals surface area (Å²) in [6.07, 6.45) is 2.58. The van der Waals surface area contributed by atoms with E-state index in [1.165, 1.54) is 36.7 Å². The molecule has 5 nitrogen and oxygen atoms in total. The van der Waals surface area contributed by atoms with Crippen molar-refractivity contribution in [2.45, 2.75) is 0 Å². The van der Waals surface area contributed by atoms with Gasteiger partial charge < -0.3 is 14.3 Å². The second kappa shape index (κ2) is 3.83. The molecule has 0 saturated carbocycles. The Morgan fingerprint density at radius 2 is 2.07 bits per heavy atom. The van der Waals surface area contributed by atoms with Crippen LogP contribution in [0, 0.1) is 0 Å². The Balaban J connectivity index is 2.11. The minimum atomic E-state index is -0.586. The summed E-state index contributed by atoms with van der Waals surface area (Å²) in [5.74, 6) is -0.500. The highest BCUT2D eigenvalue weighted by Gasteiger charge is 2.10. The minimum absolute atomic E-state index is 0.0858. The van der Waals surface area contributed by atoms with E-state index in [-0.39, 0.29) is 11.8 Å². The molecular weight excluding hydrogens is 198 g/mol. The van der Waals surface area contributed by atoms with Crippen LogP contribution < -0.4 is 4.74 Å². The maximum atomic E-state index is 11.4. The topological polar surface area (TPSA) is 72.6 Å². The molecule has 0 atom stereocenters. The largest absolute Gasteiger partial charge is 0.508 e. The number of phenolic OH excluding ortho intramolecular Hbond substituents is 1. The number of hydrogen-bond acceptors (Lipinski definition) is 5. The number of aromatic nitrogens is 1. The first-order valence-electron chi connectivity index (χ1n) is 4.16. The summed E-state index contributed by atoms with van der Waals surface area (Å²) in [6, 6.07) is 5.68. The molecule has 1 aromatic carbocycles. The van der Waals surface area contributed by atoms with Gasteiger partial charge in [0, 0.05) is 0 Å². The van der Waals surface area contributed by atoms with Gasteiger partial charge in [0.25, 0.3) is 0 Å². The molecule has 1 aromatic heterocycles. The molecular formula is C10H7NO4. The van der Waals surface area contributed by atoms with Gasteiger partial charge in [-0.05, 0) is 24.3 Å². The molecule has 2 aromatic rings. The van der Waals surface area contributed by atoms with Gasteiger partial charge in [-0.3, -0.25) is 0 Å². The zero-order chi connectivity index (χ0) is 10.7. The molecule has 0 aliphatic rings. The fourth-order valence-corrected chi connectivity index (χ4v) is 0.996. The highest BCUT2D eigenvalue weighted by molar-refractivity contribution is 5.90. The van der Waals surface area contributed by atoms with Crippen LogP contribution in [0.4, 0.5) is 0 Å². The first-order chi connectivity index (χ1) is 7.25. The molecule has 0 saturated heterocycles. The molecule has 0 spiro atoms. The average Bonchev–Trinajstić information content (AvgIpc) is 2.71. The summed E-state index contributed by atoms with van der Waals surface area (Å²) in [7, 11) is 0.